The molecule has 0 atom stereocenters. The van der Waals surface area contributed by atoms with Crippen LogP contribution in [0.15, 0.2) is 0 Å². The molecule has 0 aliphatic carbocycles. The first kappa shape index (κ1) is 12.8. The van der Waals surface area contributed by atoms with Gasteiger partial charge in [0.1, 0.15) is 0 Å². The van der Waals surface area contributed by atoms with Crippen LogP contribution in [0.25, 0.3) is 0 Å². The highest BCUT2D eigenvalue weighted by Crippen LogP contribution is 2.21. The molecule has 15 heavy (non-hydrogen) atoms. The van der Waals surface area contributed by atoms with E-state index in [1.807, 2.05) is 0 Å². The lowest BCUT2D eigenvalue weighted by Gasteiger charge is -2.39. The fourth-order valence-electron chi connectivity index (χ4n) is 1.94. The van der Waals surface area contributed by atoms with E-state index in [1.54, 1.807) is 0 Å². The topological polar surface area (TPSA) is 15.3 Å². The summed E-state index contributed by atoms with van der Waals surface area (Å²) in [6.07, 6.45) is -4.47. The Hall–Kier alpha value is -0.290. The molecular weight excluding hydrogens is 205 g/mol. The number of alkyl halides is 3. The zero-order valence-electron chi connectivity index (χ0n) is 9.32. The van der Waals surface area contributed by atoms with Crippen molar-refractivity contribution in [2.24, 2.45) is 0 Å². The normalized spacial score (nSPS) is 23.0. The third-order valence-electron chi connectivity index (χ3n) is 2.59. The molecule has 1 fully saturated rings. The van der Waals surface area contributed by atoms with Gasteiger partial charge in [0.2, 0.25) is 0 Å². The van der Waals surface area contributed by atoms with Crippen molar-refractivity contribution in [1.82, 2.24) is 10.2 Å². The van der Waals surface area contributed by atoms with E-state index in [4.69, 9.17) is 0 Å². The van der Waals surface area contributed by atoms with Gasteiger partial charge in [-0.15, -0.1) is 0 Å². The summed E-state index contributed by atoms with van der Waals surface area (Å²) in [7, 11) is 0. The van der Waals surface area contributed by atoms with Crippen molar-refractivity contribution in [3.63, 3.8) is 0 Å². The molecule has 90 valence electrons. The fraction of sp³-hybridized carbons (Fsp3) is 1.00. The standard InChI is InChI=1S/C10H19F3N2/c1-9(2)8-15(7-5-14-9)6-3-4-10(11,12)13/h14H,3-8H2,1-2H3. The SMILES string of the molecule is CC1(C)CN(CCCC(F)(F)F)CCN1. The van der Waals surface area contributed by atoms with Gasteiger partial charge in [0, 0.05) is 31.6 Å². The molecule has 0 saturated carbocycles. The zero-order chi connectivity index (χ0) is 11.5. The summed E-state index contributed by atoms with van der Waals surface area (Å²) in [6.45, 7) is 7.22. The maximum absolute atomic E-state index is 11.9. The minimum absolute atomic E-state index is 0.0243. The third-order valence-corrected chi connectivity index (χ3v) is 2.59. The molecule has 0 bridgehead atoms. The summed E-state index contributed by atoms with van der Waals surface area (Å²) in [6, 6.07) is 0. The molecule has 1 aliphatic rings. The Morgan fingerprint density at radius 1 is 1.33 bits per heavy atom. The number of halogens is 3. The molecule has 0 aromatic rings. The molecule has 1 rings (SSSR count). The van der Waals surface area contributed by atoms with Crippen molar-refractivity contribution in [3.05, 3.63) is 0 Å². The van der Waals surface area contributed by atoms with E-state index >= 15 is 0 Å². The maximum Gasteiger partial charge on any atom is 0.389 e. The molecule has 1 N–H and O–H groups in total. The number of nitrogens with one attached hydrogen (secondary N) is 1. The highest BCUT2D eigenvalue weighted by molar-refractivity contribution is 4.86. The largest absolute Gasteiger partial charge is 0.389 e. The van der Waals surface area contributed by atoms with Crippen molar-refractivity contribution < 1.29 is 13.2 Å². The van der Waals surface area contributed by atoms with Crippen molar-refractivity contribution in [2.75, 3.05) is 26.2 Å². The monoisotopic (exact) mass is 224 g/mol. The second-order valence-electron chi connectivity index (χ2n) is 4.81. The van der Waals surface area contributed by atoms with E-state index in [2.05, 4.69) is 24.1 Å². The van der Waals surface area contributed by atoms with E-state index in [0.29, 0.717) is 6.54 Å². The van der Waals surface area contributed by atoms with Crippen LogP contribution >= 0.6 is 0 Å². The van der Waals surface area contributed by atoms with Gasteiger partial charge in [0.05, 0.1) is 0 Å². The number of hydrogen-bond acceptors (Lipinski definition) is 2. The van der Waals surface area contributed by atoms with Crippen molar-refractivity contribution in [3.8, 4) is 0 Å². The van der Waals surface area contributed by atoms with Gasteiger partial charge in [-0.25, -0.2) is 0 Å². The minimum Gasteiger partial charge on any atom is -0.309 e. The van der Waals surface area contributed by atoms with E-state index in [0.717, 1.165) is 19.6 Å². The Balaban J connectivity index is 2.22. The summed E-state index contributed by atoms with van der Waals surface area (Å²) < 4.78 is 35.8. The Labute approximate surface area is 88.8 Å². The van der Waals surface area contributed by atoms with Gasteiger partial charge in [0.25, 0.3) is 0 Å². The zero-order valence-corrected chi connectivity index (χ0v) is 9.32. The highest BCUT2D eigenvalue weighted by atomic mass is 19.4. The lowest BCUT2D eigenvalue weighted by molar-refractivity contribution is -0.136. The van der Waals surface area contributed by atoms with Crippen LogP contribution in [0, 0.1) is 0 Å². The summed E-state index contributed by atoms with van der Waals surface area (Å²) >= 11 is 0. The smallest absolute Gasteiger partial charge is 0.309 e. The Morgan fingerprint density at radius 3 is 2.53 bits per heavy atom. The second kappa shape index (κ2) is 4.70. The van der Waals surface area contributed by atoms with Crippen LogP contribution in [-0.2, 0) is 0 Å². The first-order chi connectivity index (χ1) is 6.79. The fourth-order valence-corrected chi connectivity index (χ4v) is 1.94. The minimum atomic E-state index is -4.01. The predicted molar refractivity (Wildman–Crippen MR) is 53.8 cm³/mol. The van der Waals surface area contributed by atoms with E-state index in [-0.39, 0.29) is 12.0 Å². The van der Waals surface area contributed by atoms with Crippen molar-refractivity contribution >= 4 is 0 Å². The van der Waals surface area contributed by atoms with Crippen LogP contribution in [0.2, 0.25) is 0 Å². The van der Waals surface area contributed by atoms with Crippen LogP contribution in [0.1, 0.15) is 26.7 Å². The molecule has 1 saturated heterocycles. The average Bonchev–Trinajstić information content (AvgIpc) is 1.99. The van der Waals surface area contributed by atoms with Crippen LogP contribution < -0.4 is 5.32 Å². The summed E-state index contributed by atoms with van der Waals surface area (Å²) in [5.41, 5.74) is 0.0243. The van der Waals surface area contributed by atoms with E-state index in [1.165, 1.54) is 0 Å². The van der Waals surface area contributed by atoms with Crippen molar-refractivity contribution in [2.45, 2.75) is 38.4 Å². The molecule has 0 unspecified atom stereocenters. The van der Waals surface area contributed by atoms with Crippen LogP contribution in [0.5, 0.6) is 0 Å². The Bertz CT molecular complexity index is 201. The van der Waals surface area contributed by atoms with Crippen LogP contribution in [0.3, 0.4) is 0 Å². The molecule has 2 nitrogen and oxygen atoms in total. The van der Waals surface area contributed by atoms with Gasteiger partial charge in [-0.1, -0.05) is 0 Å². The molecule has 0 radical (unpaired) electrons. The molecule has 1 heterocycles. The summed E-state index contributed by atoms with van der Waals surface area (Å²) in [4.78, 5) is 2.10. The van der Waals surface area contributed by atoms with Gasteiger partial charge in [-0.2, -0.15) is 13.2 Å². The van der Waals surface area contributed by atoms with Gasteiger partial charge >= 0.3 is 6.18 Å². The second-order valence-corrected chi connectivity index (χ2v) is 4.81. The molecule has 1 aliphatic heterocycles. The Morgan fingerprint density at radius 2 is 2.00 bits per heavy atom. The van der Waals surface area contributed by atoms with Crippen LogP contribution in [-0.4, -0.2) is 42.8 Å². The highest BCUT2D eigenvalue weighted by Gasteiger charge is 2.28. The first-order valence-electron chi connectivity index (χ1n) is 5.33. The number of hydrogen-bond donors (Lipinski definition) is 1. The predicted octanol–water partition coefficient (Wildman–Crippen LogP) is 2.01. The lowest BCUT2D eigenvalue weighted by Crippen LogP contribution is -2.57. The van der Waals surface area contributed by atoms with E-state index in [9.17, 15) is 13.2 Å². The van der Waals surface area contributed by atoms with Crippen LogP contribution in [0.4, 0.5) is 13.2 Å². The maximum atomic E-state index is 11.9. The molecule has 5 heteroatoms. The number of nitrogens with zero attached hydrogens (tertiary/aromatic N) is 1. The first-order valence-corrected chi connectivity index (χ1v) is 5.33. The van der Waals surface area contributed by atoms with Gasteiger partial charge in [-0.05, 0) is 26.8 Å². The van der Waals surface area contributed by atoms with Gasteiger partial charge in [-0.3, -0.25) is 0 Å². The van der Waals surface area contributed by atoms with E-state index < -0.39 is 12.6 Å². The molecular formula is C10H19F3N2. The molecule has 0 aromatic heterocycles. The lowest BCUT2D eigenvalue weighted by atomic mass is 10.0. The molecule has 0 aromatic carbocycles. The quantitative estimate of drug-likeness (QED) is 0.789. The number of piperazine rings is 1. The summed E-state index contributed by atoms with van der Waals surface area (Å²) in [5.74, 6) is 0. The molecule has 0 spiro atoms. The van der Waals surface area contributed by atoms with Gasteiger partial charge < -0.3 is 10.2 Å². The molecule has 0 amide bonds. The van der Waals surface area contributed by atoms with Crippen molar-refractivity contribution in [1.29, 1.82) is 0 Å². The van der Waals surface area contributed by atoms with Gasteiger partial charge in [0.15, 0.2) is 0 Å². The number of rotatable bonds is 3. The summed E-state index contributed by atoms with van der Waals surface area (Å²) in [5, 5.41) is 3.33. The Kier molecular flexibility index (Phi) is 4.00. The average molecular weight is 224 g/mol. The third kappa shape index (κ3) is 5.37.